The number of carbonyl (C=O) groups excluding carboxylic acids is 1. The SMILES string of the molecule is CCOC(=O)c1cnc(-c2ccccc2)nc1Oc1cccnc1N. The molecule has 2 aromatic heterocycles. The van der Waals surface area contributed by atoms with E-state index in [0.29, 0.717) is 11.6 Å². The Morgan fingerprint density at radius 2 is 1.92 bits per heavy atom. The van der Waals surface area contributed by atoms with Crippen molar-refractivity contribution in [1.29, 1.82) is 0 Å². The van der Waals surface area contributed by atoms with Gasteiger partial charge in [0.25, 0.3) is 0 Å². The summed E-state index contributed by atoms with van der Waals surface area (Å²) < 4.78 is 10.8. The van der Waals surface area contributed by atoms with Gasteiger partial charge in [-0.25, -0.2) is 14.8 Å². The first-order chi connectivity index (χ1) is 12.2. The van der Waals surface area contributed by atoms with Crippen LogP contribution in [0.15, 0.2) is 54.9 Å². The van der Waals surface area contributed by atoms with E-state index in [0.717, 1.165) is 5.56 Å². The fourth-order valence-electron chi connectivity index (χ4n) is 2.11. The van der Waals surface area contributed by atoms with Crippen molar-refractivity contribution in [2.24, 2.45) is 0 Å². The molecular formula is C18H16N4O3. The van der Waals surface area contributed by atoms with Crippen LogP contribution in [0.3, 0.4) is 0 Å². The number of esters is 1. The maximum absolute atomic E-state index is 12.2. The molecule has 0 aliphatic rings. The van der Waals surface area contributed by atoms with E-state index in [1.807, 2.05) is 30.3 Å². The molecule has 3 rings (SSSR count). The molecular weight excluding hydrogens is 320 g/mol. The van der Waals surface area contributed by atoms with Crippen LogP contribution in [0.25, 0.3) is 11.4 Å². The highest BCUT2D eigenvalue weighted by atomic mass is 16.5. The van der Waals surface area contributed by atoms with Gasteiger partial charge in [0.15, 0.2) is 17.4 Å². The van der Waals surface area contributed by atoms with Gasteiger partial charge in [0.05, 0.1) is 6.61 Å². The summed E-state index contributed by atoms with van der Waals surface area (Å²) in [5.74, 6) is 0.403. The fourth-order valence-corrected chi connectivity index (χ4v) is 2.11. The van der Waals surface area contributed by atoms with E-state index in [-0.39, 0.29) is 23.9 Å². The van der Waals surface area contributed by atoms with E-state index in [1.54, 1.807) is 25.3 Å². The van der Waals surface area contributed by atoms with Crippen LogP contribution in [0.4, 0.5) is 5.82 Å². The van der Waals surface area contributed by atoms with E-state index in [2.05, 4.69) is 15.0 Å². The van der Waals surface area contributed by atoms with Crippen LogP contribution in [-0.4, -0.2) is 27.5 Å². The lowest BCUT2D eigenvalue weighted by molar-refractivity contribution is 0.0522. The number of carbonyl (C=O) groups is 1. The first kappa shape index (κ1) is 16.4. The van der Waals surface area contributed by atoms with E-state index < -0.39 is 5.97 Å². The molecule has 7 nitrogen and oxygen atoms in total. The van der Waals surface area contributed by atoms with Gasteiger partial charge in [-0.3, -0.25) is 0 Å². The van der Waals surface area contributed by atoms with Gasteiger partial charge >= 0.3 is 5.97 Å². The molecule has 0 aliphatic heterocycles. The lowest BCUT2D eigenvalue weighted by Gasteiger charge is -2.11. The summed E-state index contributed by atoms with van der Waals surface area (Å²) in [6.45, 7) is 1.95. The normalized spacial score (nSPS) is 10.3. The zero-order chi connectivity index (χ0) is 17.6. The second-order valence-electron chi connectivity index (χ2n) is 4.99. The van der Waals surface area contributed by atoms with Gasteiger partial charge in [-0.15, -0.1) is 0 Å². The lowest BCUT2D eigenvalue weighted by atomic mass is 10.2. The number of nitrogens with zero attached hydrogens (tertiary/aromatic N) is 3. The Kier molecular flexibility index (Phi) is 4.84. The van der Waals surface area contributed by atoms with Crippen molar-refractivity contribution >= 4 is 11.8 Å². The third-order valence-corrected chi connectivity index (χ3v) is 3.29. The summed E-state index contributed by atoms with van der Waals surface area (Å²) in [5, 5.41) is 0. The van der Waals surface area contributed by atoms with Crippen molar-refractivity contribution in [2.75, 3.05) is 12.3 Å². The standard InChI is InChI=1S/C18H16N4O3/c1-2-24-18(23)13-11-21-16(12-7-4-3-5-8-12)22-17(13)25-14-9-6-10-20-15(14)19/h3-11H,2H2,1H3,(H2,19,20). The summed E-state index contributed by atoms with van der Waals surface area (Å²) >= 11 is 0. The summed E-state index contributed by atoms with van der Waals surface area (Å²) in [6.07, 6.45) is 2.93. The molecule has 0 saturated carbocycles. The van der Waals surface area contributed by atoms with Crippen LogP contribution in [0.2, 0.25) is 0 Å². The number of hydrogen-bond donors (Lipinski definition) is 1. The molecule has 3 aromatic rings. The van der Waals surface area contributed by atoms with Gasteiger partial charge in [-0.1, -0.05) is 30.3 Å². The monoisotopic (exact) mass is 336 g/mol. The Bertz CT molecular complexity index is 884. The Balaban J connectivity index is 2.04. The highest BCUT2D eigenvalue weighted by Gasteiger charge is 2.19. The van der Waals surface area contributed by atoms with Gasteiger partial charge in [-0.2, -0.15) is 4.98 Å². The molecule has 1 aromatic carbocycles. The number of rotatable bonds is 5. The number of ether oxygens (including phenoxy) is 2. The van der Waals surface area contributed by atoms with Crippen LogP contribution in [0, 0.1) is 0 Å². The molecule has 0 atom stereocenters. The third-order valence-electron chi connectivity index (χ3n) is 3.29. The van der Waals surface area contributed by atoms with E-state index in [9.17, 15) is 4.79 Å². The minimum absolute atomic E-state index is 0.0620. The lowest BCUT2D eigenvalue weighted by Crippen LogP contribution is -2.09. The number of pyridine rings is 1. The smallest absolute Gasteiger partial charge is 0.345 e. The summed E-state index contributed by atoms with van der Waals surface area (Å²) in [6, 6.07) is 12.7. The third kappa shape index (κ3) is 3.72. The maximum atomic E-state index is 12.2. The average Bonchev–Trinajstić information content (AvgIpc) is 2.64. The summed E-state index contributed by atoms with van der Waals surface area (Å²) in [4.78, 5) is 24.7. The van der Waals surface area contributed by atoms with E-state index in [1.165, 1.54) is 6.20 Å². The zero-order valence-corrected chi connectivity index (χ0v) is 13.5. The summed E-state index contributed by atoms with van der Waals surface area (Å²) in [7, 11) is 0. The van der Waals surface area contributed by atoms with Gasteiger partial charge in [0.1, 0.15) is 5.56 Å². The highest BCUT2D eigenvalue weighted by Crippen LogP contribution is 2.28. The minimum atomic E-state index is -0.570. The Morgan fingerprint density at radius 1 is 1.12 bits per heavy atom. The molecule has 7 heteroatoms. The van der Waals surface area contributed by atoms with Crippen molar-refractivity contribution in [3.05, 3.63) is 60.4 Å². The van der Waals surface area contributed by atoms with Gasteiger partial charge in [0.2, 0.25) is 5.88 Å². The number of hydrogen-bond acceptors (Lipinski definition) is 7. The molecule has 0 amide bonds. The average molecular weight is 336 g/mol. The molecule has 0 bridgehead atoms. The topological polar surface area (TPSA) is 100 Å². The van der Waals surface area contributed by atoms with Crippen molar-refractivity contribution in [3.8, 4) is 23.0 Å². The molecule has 0 aliphatic carbocycles. The van der Waals surface area contributed by atoms with Crippen molar-refractivity contribution < 1.29 is 14.3 Å². The molecule has 2 N–H and O–H groups in total. The minimum Gasteiger partial charge on any atom is -0.462 e. The number of anilines is 1. The van der Waals surface area contributed by atoms with Crippen LogP contribution >= 0.6 is 0 Å². The van der Waals surface area contributed by atoms with Crippen molar-refractivity contribution in [1.82, 2.24) is 15.0 Å². The zero-order valence-electron chi connectivity index (χ0n) is 13.5. The maximum Gasteiger partial charge on any atom is 0.345 e. The second-order valence-corrected chi connectivity index (χ2v) is 4.99. The molecule has 2 heterocycles. The molecule has 0 saturated heterocycles. The number of nitrogen functional groups attached to an aromatic ring is 1. The summed E-state index contributed by atoms with van der Waals surface area (Å²) in [5.41, 5.74) is 6.72. The Hall–Kier alpha value is -3.48. The van der Waals surface area contributed by atoms with Crippen LogP contribution in [0.5, 0.6) is 11.6 Å². The largest absolute Gasteiger partial charge is 0.462 e. The predicted octanol–water partition coefficient (Wildman–Crippen LogP) is 3.09. The Morgan fingerprint density at radius 3 is 2.64 bits per heavy atom. The first-order valence-electron chi connectivity index (χ1n) is 7.67. The fraction of sp³-hybridized carbons (Fsp3) is 0.111. The number of nitrogens with two attached hydrogens (primary N) is 1. The van der Waals surface area contributed by atoms with Crippen LogP contribution < -0.4 is 10.5 Å². The second kappa shape index (κ2) is 7.39. The number of aromatic nitrogens is 3. The predicted molar refractivity (Wildman–Crippen MR) is 92.1 cm³/mol. The van der Waals surface area contributed by atoms with Crippen LogP contribution in [0.1, 0.15) is 17.3 Å². The van der Waals surface area contributed by atoms with Gasteiger partial charge in [-0.05, 0) is 19.1 Å². The quantitative estimate of drug-likeness (QED) is 0.714. The highest BCUT2D eigenvalue weighted by molar-refractivity contribution is 5.92. The molecule has 0 fully saturated rings. The molecule has 25 heavy (non-hydrogen) atoms. The Labute approximate surface area is 144 Å². The van der Waals surface area contributed by atoms with Crippen LogP contribution in [-0.2, 0) is 4.74 Å². The van der Waals surface area contributed by atoms with Gasteiger partial charge in [0, 0.05) is 18.0 Å². The van der Waals surface area contributed by atoms with Gasteiger partial charge < -0.3 is 15.2 Å². The number of benzene rings is 1. The van der Waals surface area contributed by atoms with E-state index in [4.69, 9.17) is 15.2 Å². The first-order valence-corrected chi connectivity index (χ1v) is 7.67. The molecule has 126 valence electrons. The van der Waals surface area contributed by atoms with E-state index >= 15 is 0 Å². The van der Waals surface area contributed by atoms with Crippen molar-refractivity contribution in [2.45, 2.75) is 6.92 Å². The molecule has 0 unspecified atom stereocenters. The molecule has 0 radical (unpaired) electrons. The molecule has 0 spiro atoms. The van der Waals surface area contributed by atoms with Crippen molar-refractivity contribution in [3.63, 3.8) is 0 Å².